The first-order chi connectivity index (χ1) is 9.52. The van der Waals surface area contributed by atoms with Crippen molar-refractivity contribution >= 4 is 23.6 Å². The Morgan fingerprint density at radius 1 is 1.45 bits per heavy atom. The summed E-state index contributed by atoms with van der Waals surface area (Å²) in [5.41, 5.74) is 1.49. The smallest absolute Gasteiger partial charge is 0.326 e. The van der Waals surface area contributed by atoms with Crippen LogP contribution in [-0.2, 0) is 10.5 Å². The molecule has 1 aromatic rings. The molecule has 1 aliphatic rings. The van der Waals surface area contributed by atoms with Crippen LogP contribution in [0.1, 0.15) is 22.3 Å². The third kappa shape index (κ3) is 3.13. The van der Waals surface area contributed by atoms with E-state index >= 15 is 0 Å². The van der Waals surface area contributed by atoms with Gasteiger partial charge in [-0.05, 0) is 24.0 Å². The molecule has 108 valence electrons. The van der Waals surface area contributed by atoms with Crippen LogP contribution in [-0.4, -0.2) is 51.9 Å². The lowest BCUT2D eigenvalue weighted by Gasteiger charge is -2.21. The Bertz CT molecular complexity index is 520. The molecule has 5 nitrogen and oxygen atoms in total. The number of aliphatic hydroxyl groups is 1. The van der Waals surface area contributed by atoms with E-state index in [0.717, 1.165) is 11.3 Å². The number of carbonyl (C=O) groups is 2. The van der Waals surface area contributed by atoms with Gasteiger partial charge in [-0.2, -0.15) is 11.8 Å². The lowest BCUT2D eigenvalue weighted by atomic mass is 10.1. The summed E-state index contributed by atoms with van der Waals surface area (Å²) in [7, 11) is 0. The number of hydrogen-bond acceptors (Lipinski definition) is 4. The molecule has 0 bridgehead atoms. The molecule has 2 atom stereocenters. The van der Waals surface area contributed by atoms with Crippen molar-refractivity contribution in [1.82, 2.24) is 4.90 Å². The fourth-order valence-electron chi connectivity index (χ4n) is 2.40. The zero-order valence-corrected chi connectivity index (χ0v) is 12.0. The Labute approximate surface area is 121 Å². The summed E-state index contributed by atoms with van der Waals surface area (Å²) >= 11 is 1.65. The van der Waals surface area contributed by atoms with Crippen LogP contribution in [0.2, 0.25) is 0 Å². The molecule has 2 N–H and O–H groups in total. The molecule has 1 aliphatic heterocycles. The minimum Gasteiger partial charge on any atom is -0.480 e. The van der Waals surface area contributed by atoms with Gasteiger partial charge in [0.1, 0.15) is 6.04 Å². The van der Waals surface area contributed by atoms with Gasteiger partial charge in [0, 0.05) is 24.3 Å². The van der Waals surface area contributed by atoms with Crippen molar-refractivity contribution in [3.05, 3.63) is 35.4 Å². The number of carbonyl (C=O) groups excluding carboxylic acids is 1. The van der Waals surface area contributed by atoms with Crippen LogP contribution in [0, 0.1) is 0 Å². The largest absolute Gasteiger partial charge is 0.480 e. The summed E-state index contributed by atoms with van der Waals surface area (Å²) in [5, 5.41) is 18.7. The zero-order chi connectivity index (χ0) is 14.7. The van der Waals surface area contributed by atoms with Crippen LogP contribution in [0.15, 0.2) is 24.3 Å². The van der Waals surface area contributed by atoms with Crippen molar-refractivity contribution in [2.24, 2.45) is 0 Å². The molecule has 1 amide bonds. The summed E-state index contributed by atoms with van der Waals surface area (Å²) in [4.78, 5) is 24.8. The first-order valence-electron chi connectivity index (χ1n) is 6.32. The molecule has 1 heterocycles. The van der Waals surface area contributed by atoms with Gasteiger partial charge < -0.3 is 15.1 Å². The number of benzene rings is 1. The fourth-order valence-corrected chi connectivity index (χ4v) is 2.91. The van der Waals surface area contributed by atoms with Crippen molar-refractivity contribution in [3.8, 4) is 0 Å². The topological polar surface area (TPSA) is 77.8 Å². The van der Waals surface area contributed by atoms with Crippen LogP contribution in [0.4, 0.5) is 0 Å². The van der Waals surface area contributed by atoms with Crippen molar-refractivity contribution in [1.29, 1.82) is 0 Å². The quantitative estimate of drug-likeness (QED) is 0.873. The monoisotopic (exact) mass is 295 g/mol. The first-order valence-corrected chi connectivity index (χ1v) is 7.72. The summed E-state index contributed by atoms with van der Waals surface area (Å²) in [5.74, 6) is -0.612. The van der Waals surface area contributed by atoms with Gasteiger partial charge in [0.05, 0.1) is 6.10 Å². The average Bonchev–Trinajstić information content (AvgIpc) is 2.81. The Morgan fingerprint density at radius 3 is 2.85 bits per heavy atom. The molecular weight excluding hydrogens is 278 g/mol. The number of aliphatic hydroxyl groups excluding tert-OH is 1. The minimum absolute atomic E-state index is 0.0720. The number of aliphatic carboxylic acids is 1. The summed E-state index contributed by atoms with van der Waals surface area (Å²) < 4.78 is 0. The SMILES string of the molecule is CSCc1cccc(C(=O)N2C[C@H](O)C[C@@H]2C(=O)O)c1. The van der Waals surface area contributed by atoms with Gasteiger partial charge in [-0.25, -0.2) is 4.79 Å². The number of likely N-dealkylation sites (tertiary alicyclic amines) is 1. The molecule has 2 rings (SSSR count). The van der Waals surface area contributed by atoms with E-state index in [1.165, 1.54) is 4.90 Å². The molecule has 1 fully saturated rings. The molecule has 0 unspecified atom stereocenters. The lowest BCUT2D eigenvalue weighted by molar-refractivity contribution is -0.141. The number of rotatable bonds is 4. The minimum atomic E-state index is -1.07. The van der Waals surface area contributed by atoms with Crippen molar-refractivity contribution < 1.29 is 19.8 Å². The predicted molar refractivity (Wildman–Crippen MR) is 76.7 cm³/mol. The molecular formula is C14H17NO4S. The van der Waals surface area contributed by atoms with E-state index in [-0.39, 0.29) is 18.9 Å². The highest BCUT2D eigenvalue weighted by Gasteiger charge is 2.39. The van der Waals surface area contributed by atoms with Gasteiger partial charge in [0.25, 0.3) is 5.91 Å². The van der Waals surface area contributed by atoms with Crippen molar-refractivity contribution in [2.75, 3.05) is 12.8 Å². The van der Waals surface area contributed by atoms with Crippen molar-refractivity contribution in [2.45, 2.75) is 24.3 Å². The summed E-state index contributed by atoms with van der Waals surface area (Å²) in [6.45, 7) is 0.0720. The number of carboxylic acid groups (broad SMARTS) is 1. The van der Waals surface area contributed by atoms with Crippen LogP contribution in [0.25, 0.3) is 0 Å². The second-order valence-electron chi connectivity index (χ2n) is 4.83. The van der Waals surface area contributed by atoms with Crippen LogP contribution < -0.4 is 0 Å². The van der Waals surface area contributed by atoms with Crippen LogP contribution in [0.3, 0.4) is 0 Å². The molecule has 0 aromatic heterocycles. The van der Waals surface area contributed by atoms with Crippen LogP contribution in [0.5, 0.6) is 0 Å². The van der Waals surface area contributed by atoms with E-state index in [2.05, 4.69) is 0 Å². The zero-order valence-electron chi connectivity index (χ0n) is 11.2. The van der Waals surface area contributed by atoms with Crippen LogP contribution >= 0.6 is 11.8 Å². The maximum Gasteiger partial charge on any atom is 0.326 e. The summed E-state index contributed by atoms with van der Waals surface area (Å²) in [6.07, 6.45) is 1.30. The summed E-state index contributed by atoms with van der Waals surface area (Å²) in [6, 6.07) is 6.24. The van der Waals surface area contributed by atoms with Gasteiger partial charge in [-0.1, -0.05) is 12.1 Å². The third-order valence-corrected chi connectivity index (χ3v) is 3.93. The molecule has 1 aromatic carbocycles. The van der Waals surface area contributed by atoms with Gasteiger partial charge in [-0.3, -0.25) is 4.79 Å². The second kappa shape index (κ2) is 6.28. The van der Waals surface area contributed by atoms with Gasteiger partial charge in [0.2, 0.25) is 0 Å². The number of thioether (sulfide) groups is 1. The predicted octanol–water partition coefficient (Wildman–Crippen LogP) is 1.21. The molecule has 0 saturated carbocycles. The van der Waals surface area contributed by atoms with E-state index < -0.39 is 18.1 Å². The number of nitrogens with zero attached hydrogens (tertiary/aromatic N) is 1. The lowest BCUT2D eigenvalue weighted by Crippen LogP contribution is -2.40. The number of amides is 1. The normalized spacial score (nSPS) is 22.0. The molecule has 0 spiro atoms. The Hall–Kier alpha value is -1.53. The van der Waals surface area contributed by atoms with E-state index in [9.17, 15) is 14.7 Å². The van der Waals surface area contributed by atoms with Gasteiger partial charge in [0.15, 0.2) is 0 Å². The van der Waals surface area contributed by atoms with E-state index in [1.807, 2.05) is 12.3 Å². The highest BCUT2D eigenvalue weighted by molar-refractivity contribution is 7.97. The highest BCUT2D eigenvalue weighted by atomic mass is 32.2. The standard InChI is InChI=1S/C14H17NO4S/c1-20-8-9-3-2-4-10(5-9)13(17)15-7-11(16)6-12(15)14(18)19/h2-5,11-12,16H,6-8H2,1H3,(H,18,19)/t11-,12-/m1/s1. The number of hydrogen-bond donors (Lipinski definition) is 2. The molecule has 6 heteroatoms. The molecule has 0 radical (unpaired) electrons. The average molecular weight is 295 g/mol. The Balaban J connectivity index is 2.21. The third-order valence-electron chi connectivity index (χ3n) is 3.31. The highest BCUT2D eigenvalue weighted by Crippen LogP contribution is 2.22. The first kappa shape index (κ1) is 14.9. The van der Waals surface area contributed by atoms with E-state index in [1.54, 1.807) is 30.0 Å². The van der Waals surface area contributed by atoms with Gasteiger partial charge in [-0.15, -0.1) is 0 Å². The number of carboxylic acids is 1. The number of β-amino-alcohol motifs (C(OH)–C–C–N with tert-alkyl or cyclic N) is 1. The molecule has 1 saturated heterocycles. The molecule has 20 heavy (non-hydrogen) atoms. The maximum absolute atomic E-state index is 12.4. The second-order valence-corrected chi connectivity index (χ2v) is 5.70. The maximum atomic E-state index is 12.4. The Morgan fingerprint density at radius 2 is 2.20 bits per heavy atom. The van der Waals surface area contributed by atoms with Gasteiger partial charge >= 0.3 is 5.97 Å². The Kier molecular flexibility index (Phi) is 4.67. The van der Waals surface area contributed by atoms with E-state index in [4.69, 9.17) is 5.11 Å². The van der Waals surface area contributed by atoms with E-state index in [0.29, 0.717) is 5.56 Å². The van der Waals surface area contributed by atoms with Crippen molar-refractivity contribution in [3.63, 3.8) is 0 Å². The fraction of sp³-hybridized carbons (Fsp3) is 0.429. The molecule has 0 aliphatic carbocycles.